The third-order valence-corrected chi connectivity index (χ3v) is 3.24. The standard InChI is InChI=1S/C12H14ClNO2/c13-10-3-1-2-8(4-10)9-5-11(6-9)14-7-12(15)16/h1-4,9,11,14H,5-7H2,(H,15,16). The third-order valence-electron chi connectivity index (χ3n) is 3.00. The summed E-state index contributed by atoms with van der Waals surface area (Å²) in [6.07, 6.45) is 1.99. The van der Waals surface area contributed by atoms with Crippen LogP contribution >= 0.6 is 11.6 Å². The van der Waals surface area contributed by atoms with Crippen molar-refractivity contribution in [3.8, 4) is 0 Å². The van der Waals surface area contributed by atoms with Crippen LogP contribution < -0.4 is 5.32 Å². The van der Waals surface area contributed by atoms with Gasteiger partial charge in [0.2, 0.25) is 0 Å². The van der Waals surface area contributed by atoms with Crippen LogP contribution in [0, 0.1) is 0 Å². The molecule has 2 rings (SSSR count). The number of hydrogen-bond acceptors (Lipinski definition) is 2. The van der Waals surface area contributed by atoms with Gasteiger partial charge in [-0.1, -0.05) is 23.7 Å². The second kappa shape index (κ2) is 4.85. The first-order valence-electron chi connectivity index (χ1n) is 5.36. The Balaban J connectivity index is 1.82. The third kappa shape index (κ3) is 2.74. The Labute approximate surface area is 99.4 Å². The van der Waals surface area contributed by atoms with E-state index in [4.69, 9.17) is 16.7 Å². The molecule has 86 valence electrons. The molecule has 0 bridgehead atoms. The van der Waals surface area contributed by atoms with Crippen LogP contribution in [-0.4, -0.2) is 23.7 Å². The summed E-state index contributed by atoms with van der Waals surface area (Å²) in [6, 6.07) is 8.21. The van der Waals surface area contributed by atoms with Gasteiger partial charge in [-0.05, 0) is 36.5 Å². The van der Waals surface area contributed by atoms with Crippen molar-refractivity contribution in [1.29, 1.82) is 0 Å². The maximum Gasteiger partial charge on any atom is 0.317 e. The Hall–Kier alpha value is -1.06. The topological polar surface area (TPSA) is 49.3 Å². The molecule has 0 unspecified atom stereocenters. The maximum atomic E-state index is 10.4. The number of halogens is 1. The van der Waals surface area contributed by atoms with Crippen LogP contribution in [0.2, 0.25) is 5.02 Å². The van der Waals surface area contributed by atoms with Crippen molar-refractivity contribution in [3.63, 3.8) is 0 Å². The van der Waals surface area contributed by atoms with Crippen molar-refractivity contribution >= 4 is 17.6 Å². The Morgan fingerprint density at radius 3 is 2.88 bits per heavy atom. The van der Waals surface area contributed by atoms with E-state index in [9.17, 15) is 4.79 Å². The number of nitrogens with one attached hydrogen (secondary N) is 1. The lowest BCUT2D eigenvalue weighted by molar-refractivity contribution is -0.136. The molecule has 0 aliphatic heterocycles. The molecular weight excluding hydrogens is 226 g/mol. The molecule has 3 nitrogen and oxygen atoms in total. The molecule has 1 fully saturated rings. The minimum absolute atomic E-state index is 0.0485. The minimum Gasteiger partial charge on any atom is -0.480 e. The number of carboxylic acid groups (broad SMARTS) is 1. The zero-order chi connectivity index (χ0) is 11.5. The number of rotatable bonds is 4. The molecule has 0 saturated heterocycles. The average Bonchev–Trinajstić information content (AvgIpc) is 2.14. The molecule has 1 aliphatic carbocycles. The van der Waals surface area contributed by atoms with Crippen LogP contribution in [0.4, 0.5) is 0 Å². The summed E-state index contributed by atoms with van der Waals surface area (Å²) in [7, 11) is 0. The van der Waals surface area contributed by atoms with E-state index in [2.05, 4.69) is 11.4 Å². The van der Waals surface area contributed by atoms with Gasteiger partial charge in [-0.3, -0.25) is 4.79 Å². The fourth-order valence-corrected chi connectivity index (χ4v) is 2.25. The fraction of sp³-hybridized carbons (Fsp3) is 0.417. The Morgan fingerprint density at radius 1 is 1.50 bits per heavy atom. The summed E-state index contributed by atoms with van der Waals surface area (Å²) in [6.45, 7) is 0.0485. The number of hydrogen-bond donors (Lipinski definition) is 2. The molecular formula is C12H14ClNO2. The second-order valence-corrected chi connectivity index (χ2v) is 4.63. The Morgan fingerprint density at radius 2 is 2.25 bits per heavy atom. The number of aliphatic carboxylic acids is 1. The molecule has 0 atom stereocenters. The summed E-state index contributed by atoms with van der Waals surface area (Å²) in [5.41, 5.74) is 1.25. The largest absolute Gasteiger partial charge is 0.480 e. The van der Waals surface area contributed by atoms with Crippen LogP contribution in [0.15, 0.2) is 24.3 Å². The molecule has 0 radical (unpaired) electrons. The van der Waals surface area contributed by atoms with E-state index < -0.39 is 5.97 Å². The van der Waals surface area contributed by atoms with Crippen molar-refractivity contribution in [3.05, 3.63) is 34.9 Å². The highest BCUT2D eigenvalue weighted by Crippen LogP contribution is 2.37. The molecule has 16 heavy (non-hydrogen) atoms. The van der Waals surface area contributed by atoms with Crippen molar-refractivity contribution in [1.82, 2.24) is 5.32 Å². The summed E-state index contributed by atoms with van der Waals surface area (Å²) in [5, 5.41) is 12.3. The summed E-state index contributed by atoms with van der Waals surface area (Å²) in [4.78, 5) is 10.4. The van der Waals surface area contributed by atoms with Gasteiger partial charge in [0, 0.05) is 11.1 Å². The predicted octanol–water partition coefficient (Wildman–Crippen LogP) is 2.26. The van der Waals surface area contributed by atoms with Gasteiger partial charge < -0.3 is 10.4 Å². The highest BCUT2D eigenvalue weighted by atomic mass is 35.5. The Kier molecular flexibility index (Phi) is 3.46. The highest BCUT2D eigenvalue weighted by Gasteiger charge is 2.30. The van der Waals surface area contributed by atoms with E-state index in [1.165, 1.54) is 5.56 Å². The molecule has 0 heterocycles. The molecule has 0 spiro atoms. The van der Waals surface area contributed by atoms with Crippen LogP contribution in [-0.2, 0) is 4.79 Å². The van der Waals surface area contributed by atoms with Crippen molar-refractivity contribution in [2.45, 2.75) is 24.8 Å². The van der Waals surface area contributed by atoms with E-state index in [1.54, 1.807) is 0 Å². The first kappa shape index (κ1) is 11.4. The van der Waals surface area contributed by atoms with Crippen LogP contribution in [0.1, 0.15) is 24.3 Å². The summed E-state index contributed by atoms with van der Waals surface area (Å²) >= 11 is 5.92. The van der Waals surface area contributed by atoms with E-state index in [1.807, 2.05) is 18.2 Å². The zero-order valence-electron chi connectivity index (χ0n) is 8.82. The van der Waals surface area contributed by atoms with Gasteiger partial charge in [0.25, 0.3) is 0 Å². The van der Waals surface area contributed by atoms with E-state index in [0.717, 1.165) is 17.9 Å². The normalized spacial score (nSPS) is 23.8. The predicted molar refractivity (Wildman–Crippen MR) is 62.9 cm³/mol. The second-order valence-electron chi connectivity index (χ2n) is 4.19. The van der Waals surface area contributed by atoms with Crippen LogP contribution in [0.3, 0.4) is 0 Å². The van der Waals surface area contributed by atoms with E-state index >= 15 is 0 Å². The van der Waals surface area contributed by atoms with Gasteiger partial charge in [0.05, 0.1) is 6.54 Å². The van der Waals surface area contributed by atoms with Gasteiger partial charge in [-0.15, -0.1) is 0 Å². The maximum absolute atomic E-state index is 10.4. The van der Waals surface area contributed by atoms with Crippen molar-refractivity contribution in [2.24, 2.45) is 0 Å². The Bertz CT molecular complexity index is 388. The van der Waals surface area contributed by atoms with Crippen molar-refractivity contribution < 1.29 is 9.90 Å². The molecule has 1 aromatic rings. The number of benzene rings is 1. The summed E-state index contributed by atoms with van der Waals surface area (Å²) < 4.78 is 0. The van der Waals surface area contributed by atoms with Gasteiger partial charge in [0.1, 0.15) is 0 Å². The van der Waals surface area contributed by atoms with Crippen LogP contribution in [0.5, 0.6) is 0 Å². The molecule has 0 amide bonds. The summed E-state index contributed by atoms with van der Waals surface area (Å²) in [5.74, 6) is -0.281. The first-order chi connectivity index (χ1) is 7.65. The smallest absolute Gasteiger partial charge is 0.317 e. The van der Waals surface area contributed by atoms with Gasteiger partial charge in [-0.2, -0.15) is 0 Å². The SMILES string of the molecule is O=C(O)CNC1CC(c2cccc(Cl)c2)C1. The molecule has 1 aliphatic rings. The van der Waals surface area contributed by atoms with Crippen molar-refractivity contribution in [2.75, 3.05) is 6.54 Å². The van der Waals surface area contributed by atoms with Gasteiger partial charge >= 0.3 is 5.97 Å². The van der Waals surface area contributed by atoms with Gasteiger partial charge in [-0.25, -0.2) is 0 Å². The average molecular weight is 240 g/mol. The fourth-order valence-electron chi connectivity index (χ4n) is 2.05. The quantitative estimate of drug-likeness (QED) is 0.848. The highest BCUT2D eigenvalue weighted by molar-refractivity contribution is 6.30. The lowest BCUT2D eigenvalue weighted by atomic mass is 9.76. The number of carboxylic acids is 1. The van der Waals surface area contributed by atoms with E-state index in [-0.39, 0.29) is 6.54 Å². The monoisotopic (exact) mass is 239 g/mol. The van der Waals surface area contributed by atoms with E-state index in [0.29, 0.717) is 12.0 Å². The lowest BCUT2D eigenvalue weighted by Gasteiger charge is -2.36. The molecule has 2 N–H and O–H groups in total. The molecule has 0 aromatic heterocycles. The molecule has 1 saturated carbocycles. The van der Waals surface area contributed by atoms with Gasteiger partial charge in [0.15, 0.2) is 0 Å². The minimum atomic E-state index is -0.800. The lowest BCUT2D eigenvalue weighted by Crippen LogP contribution is -2.42. The molecule has 1 aromatic carbocycles. The number of carbonyl (C=O) groups is 1. The van der Waals surface area contributed by atoms with Crippen LogP contribution in [0.25, 0.3) is 0 Å². The zero-order valence-corrected chi connectivity index (χ0v) is 9.57. The first-order valence-corrected chi connectivity index (χ1v) is 5.73. The molecule has 4 heteroatoms.